The number of ether oxygens (including phenoxy) is 1. The maximum absolute atomic E-state index is 9.18. The van der Waals surface area contributed by atoms with Gasteiger partial charge in [0.05, 0.1) is 12.8 Å². The summed E-state index contributed by atoms with van der Waals surface area (Å²) in [5.74, 6) is 0.742. The van der Waals surface area contributed by atoms with Crippen LogP contribution >= 0.6 is 0 Å². The minimum Gasteiger partial charge on any atom is -0.496 e. The molecule has 1 aromatic heterocycles. The molecular formula is C13H14N6O. The molecule has 0 fully saturated rings. The molecule has 0 radical (unpaired) electrons. The summed E-state index contributed by atoms with van der Waals surface area (Å²) in [5.41, 5.74) is 19.0. The highest BCUT2D eigenvalue weighted by molar-refractivity contribution is 5.74. The van der Waals surface area contributed by atoms with E-state index in [0.717, 1.165) is 5.56 Å². The Bertz CT molecular complexity index is 692. The Labute approximate surface area is 116 Å². The van der Waals surface area contributed by atoms with E-state index in [1.165, 1.54) is 0 Å². The summed E-state index contributed by atoms with van der Waals surface area (Å²) >= 11 is 0. The van der Waals surface area contributed by atoms with Gasteiger partial charge in [0.2, 0.25) is 5.95 Å². The third-order valence-corrected chi connectivity index (χ3v) is 2.84. The van der Waals surface area contributed by atoms with Crippen LogP contribution in [-0.2, 0) is 6.54 Å². The van der Waals surface area contributed by atoms with Crippen LogP contribution in [0.3, 0.4) is 0 Å². The van der Waals surface area contributed by atoms with E-state index in [2.05, 4.69) is 9.97 Å². The van der Waals surface area contributed by atoms with Gasteiger partial charge in [0.25, 0.3) is 0 Å². The fourth-order valence-corrected chi connectivity index (χ4v) is 1.90. The monoisotopic (exact) mass is 270 g/mol. The molecule has 1 aromatic carbocycles. The highest BCUT2D eigenvalue weighted by atomic mass is 16.5. The van der Waals surface area contributed by atoms with Crippen molar-refractivity contribution < 1.29 is 4.74 Å². The van der Waals surface area contributed by atoms with E-state index in [0.29, 0.717) is 23.6 Å². The lowest BCUT2D eigenvalue weighted by Gasteiger charge is -2.11. The number of anilines is 2. The summed E-state index contributed by atoms with van der Waals surface area (Å²) in [6, 6.07) is 7.30. The number of rotatable bonds is 3. The lowest BCUT2D eigenvalue weighted by atomic mass is 10.0. The Balaban J connectivity index is 2.66. The van der Waals surface area contributed by atoms with E-state index in [1.807, 2.05) is 6.07 Å². The fourth-order valence-electron chi connectivity index (χ4n) is 1.90. The number of hydrogen-bond donors (Lipinski definition) is 3. The van der Waals surface area contributed by atoms with Crippen LogP contribution in [0.4, 0.5) is 11.8 Å². The van der Waals surface area contributed by atoms with Crippen LogP contribution in [0.25, 0.3) is 11.3 Å². The Morgan fingerprint density at radius 1 is 1.30 bits per heavy atom. The molecular weight excluding hydrogens is 256 g/mol. The minimum absolute atomic E-state index is 0.0154. The molecule has 6 N–H and O–H groups in total. The highest BCUT2D eigenvalue weighted by Crippen LogP contribution is 2.29. The Hall–Kier alpha value is -2.85. The smallest absolute Gasteiger partial charge is 0.222 e. The summed E-state index contributed by atoms with van der Waals surface area (Å²) in [7, 11) is 1.57. The van der Waals surface area contributed by atoms with Gasteiger partial charge in [0.15, 0.2) is 0 Å². The second-order valence-electron chi connectivity index (χ2n) is 4.03. The van der Waals surface area contributed by atoms with Gasteiger partial charge in [-0.1, -0.05) is 0 Å². The largest absolute Gasteiger partial charge is 0.496 e. The first-order valence-electron chi connectivity index (χ1n) is 5.81. The Morgan fingerprint density at radius 3 is 2.65 bits per heavy atom. The van der Waals surface area contributed by atoms with Crippen molar-refractivity contribution in [3.63, 3.8) is 0 Å². The van der Waals surface area contributed by atoms with Crippen molar-refractivity contribution in [3.8, 4) is 23.1 Å². The quantitative estimate of drug-likeness (QED) is 0.744. The molecule has 0 spiro atoms. The first kappa shape index (κ1) is 13.6. The summed E-state index contributed by atoms with van der Waals surface area (Å²) in [5, 5.41) is 9.18. The predicted molar refractivity (Wildman–Crippen MR) is 75.5 cm³/mol. The van der Waals surface area contributed by atoms with Crippen LogP contribution in [0.2, 0.25) is 0 Å². The average Bonchev–Trinajstić information content (AvgIpc) is 2.45. The molecule has 0 aliphatic carbocycles. The van der Waals surface area contributed by atoms with Gasteiger partial charge in [-0.2, -0.15) is 10.2 Å². The zero-order chi connectivity index (χ0) is 14.7. The SMILES string of the molecule is COc1ccc(-c2nc(N)nc(N)c2C#N)cc1CN. The molecule has 0 unspecified atom stereocenters. The van der Waals surface area contributed by atoms with Crippen LogP contribution < -0.4 is 21.9 Å². The van der Waals surface area contributed by atoms with Crippen molar-refractivity contribution in [2.75, 3.05) is 18.6 Å². The molecule has 0 saturated heterocycles. The maximum atomic E-state index is 9.18. The molecule has 2 aromatic rings. The van der Waals surface area contributed by atoms with E-state index in [1.54, 1.807) is 25.3 Å². The number of nitrogens with zero attached hydrogens (tertiary/aromatic N) is 3. The van der Waals surface area contributed by atoms with Crippen LogP contribution in [0.5, 0.6) is 5.75 Å². The molecule has 0 amide bonds. The molecule has 20 heavy (non-hydrogen) atoms. The van der Waals surface area contributed by atoms with Crippen molar-refractivity contribution in [2.45, 2.75) is 6.54 Å². The number of nitrogen functional groups attached to an aromatic ring is 2. The van der Waals surface area contributed by atoms with Crippen LogP contribution in [0.15, 0.2) is 18.2 Å². The first-order valence-corrected chi connectivity index (χ1v) is 5.81. The number of hydrogen-bond acceptors (Lipinski definition) is 7. The summed E-state index contributed by atoms with van der Waals surface area (Å²) in [4.78, 5) is 7.87. The predicted octanol–water partition coefficient (Wildman–Crippen LogP) is 0.647. The molecule has 0 atom stereocenters. The molecule has 0 aliphatic rings. The van der Waals surface area contributed by atoms with Gasteiger partial charge in [-0.25, -0.2) is 4.98 Å². The zero-order valence-corrected chi connectivity index (χ0v) is 10.9. The van der Waals surface area contributed by atoms with Gasteiger partial charge < -0.3 is 21.9 Å². The van der Waals surface area contributed by atoms with Crippen LogP contribution in [0, 0.1) is 11.3 Å². The van der Waals surface area contributed by atoms with Crippen LogP contribution in [-0.4, -0.2) is 17.1 Å². The summed E-state index contributed by atoms with van der Waals surface area (Å²) in [6.07, 6.45) is 0. The lowest BCUT2D eigenvalue weighted by Crippen LogP contribution is -2.06. The van der Waals surface area contributed by atoms with Gasteiger partial charge in [-0.15, -0.1) is 0 Å². The maximum Gasteiger partial charge on any atom is 0.222 e. The van der Waals surface area contributed by atoms with Crippen molar-refractivity contribution in [1.29, 1.82) is 5.26 Å². The number of nitrogens with two attached hydrogens (primary N) is 3. The number of methoxy groups -OCH3 is 1. The fraction of sp³-hybridized carbons (Fsp3) is 0.154. The van der Waals surface area contributed by atoms with Gasteiger partial charge in [0.1, 0.15) is 23.2 Å². The first-order chi connectivity index (χ1) is 9.60. The van der Waals surface area contributed by atoms with Gasteiger partial charge in [0, 0.05) is 17.7 Å². The van der Waals surface area contributed by atoms with Gasteiger partial charge in [-0.05, 0) is 18.2 Å². The van der Waals surface area contributed by atoms with E-state index < -0.39 is 0 Å². The standard InChI is InChI=1S/C13H14N6O/c1-20-10-3-2-7(4-8(10)5-14)11-9(6-15)12(16)19-13(17)18-11/h2-4H,5,14H2,1H3,(H4,16,17,18,19). The Kier molecular flexibility index (Phi) is 3.68. The third-order valence-electron chi connectivity index (χ3n) is 2.84. The van der Waals surface area contributed by atoms with Gasteiger partial charge >= 0.3 is 0 Å². The molecule has 0 aliphatic heterocycles. The molecule has 7 nitrogen and oxygen atoms in total. The van der Waals surface area contributed by atoms with Crippen LogP contribution in [0.1, 0.15) is 11.1 Å². The molecule has 0 bridgehead atoms. The molecule has 0 saturated carbocycles. The molecule has 102 valence electrons. The molecule has 1 heterocycles. The van der Waals surface area contributed by atoms with E-state index >= 15 is 0 Å². The zero-order valence-electron chi connectivity index (χ0n) is 10.9. The second kappa shape index (κ2) is 5.42. The van der Waals surface area contributed by atoms with Gasteiger partial charge in [-0.3, -0.25) is 0 Å². The number of aromatic nitrogens is 2. The second-order valence-corrected chi connectivity index (χ2v) is 4.03. The normalized spacial score (nSPS) is 10.1. The van der Waals surface area contributed by atoms with E-state index in [4.69, 9.17) is 21.9 Å². The van der Waals surface area contributed by atoms with Crippen molar-refractivity contribution >= 4 is 11.8 Å². The van der Waals surface area contributed by atoms with Crippen molar-refractivity contribution in [1.82, 2.24) is 9.97 Å². The topological polar surface area (TPSA) is 137 Å². The summed E-state index contributed by atoms with van der Waals surface area (Å²) in [6.45, 7) is 0.301. The third kappa shape index (κ3) is 2.32. The molecule has 2 rings (SSSR count). The van der Waals surface area contributed by atoms with Crippen molar-refractivity contribution in [2.24, 2.45) is 5.73 Å². The number of nitriles is 1. The lowest BCUT2D eigenvalue weighted by molar-refractivity contribution is 0.410. The Morgan fingerprint density at radius 2 is 2.05 bits per heavy atom. The minimum atomic E-state index is 0.0154. The summed E-state index contributed by atoms with van der Waals surface area (Å²) < 4.78 is 5.20. The molecule has 7 heteroatoms. The van der Waals surface area contributed by atoms with Crippen molar-refractivity contribution in [3.05, 3.63) is 29.3 Å². The van der Waals surface area contributed by atoms with E-state index in [-0.39, 0.29) is 17.3 Å². The van der Waals surface area contributed by atoms with E-state index in [9.17, 15) is 5.26 Å². The highest BCUT2D eigenvalue weighted by Gasteiger charge is 2.14. The average molecular weight is 270 g/mol. The number of benzene rings is 1.